The van der Waals surface area contributed by atoms with Crippen molar-refractivity contribution >= 4 is 33.2 Å². The van der Waals surface area contributed by atoms with Gasteiger partial charge in [0.15, 0.2) is 5.82 Å². The molecular formula is C6H4BrClFN. The van der Waals surface area contributed by atoms with Crippen molar-refractivity contribution in [1.29, 1.82) is 0 Å². The number of nitrogen functional groups attached to an aromatic ring is 1. The zero-order valence-electron chi connectivity index (χ0n) is 4.87. The van der Waals surface area contributed by atoms with Crippen LogP contribution in [0.15, 0.2) is 16.6 Å². The molecule has 0 saturated carbocycles. The fraction of sp³-hybridized carbons (Fsp3) is 0. The van der Waals surface area contributed by atoms with Gasteiger partial charge in [-0.3, -0.25) is 0 Å². The molecule has 0 amide bonds. The van der Waals surface area contributed by atoms with Gasteiger partial charge in [-0.1, -0.05) is 27.5 Å². The van der Waals surface area contributed by atoms with E-state index in [9.17, 15) is 4.39 Å². The summed E-state index contributed by atoms with van der Waals surface area (Å²) in [6.07, 6.45) is 0. The summed E-state index contributed by atoms with van der Waals surface area (Å²) in [5.74, 6) is -0.565. The second-order valence-electron chi connectivity index (χ2n) is 1.79. The maximum atomic E-state index is 12.6. The van der Waals surface area contributed by atoms with Crippen LogP contribution in [0.25, 0.3) is 0 Å². The van der Waals surface area contributed by atoms with Gasteiger partial charge < -0.3 is 5.73 Å². The van der Waals surface area contributed by atoms with Crippen LogP contribution in [0, 0.1) is 5.82 Å². The predicted molar refractivity (Wildman–Crippen MR) is 43.5 cm³/mol. The molecule has 2 N–H and O–H groups in total. The van der Waals surface area contributed by atoms with Gasteiger partial charge in [-0.05, 0) is 12.1 Å². The Labute approximate surface area is 71.1 Å². The molecule has 0 fully saturated rings. The van der Waals surface area contributed by atoms with Gasteiger partial charge >= 0.3 is 0 Å². The molecular weight excluding hydrogens is 220 g/mol. The van der Waals surface area contributed by atoms with Crippen molar-refractivity contribution in [3.8, 4) is 0 Å². The van der Waals surface area contributed by atoms with E-state index in [4.69, 9.17) is 17.3 Å². The molecule has 1 aromatic carbocycles. The summed E-state index contributed by atoms with van der Waals surface area (Å²) in [4.78, 5) is 0. The Morgan fingerprint density at radius 1 is 1.50 bits per heavy atom. The first kappa shape index (κ1) is 7.82. The largest absolute Gasteiger partial charge is 0.396 e. The maximum Gasteiger partial charge on any atom is 0.164 e. The molecule has 10 heavy (non-hydrogen) atoms. The fourth-order valence-corrected chi connectivity index (χ4v) is 1.41. The second-order valence-corrected chi connectivity index (χ2v) is 3.11. The molecule has 0 bridgehead atoms. The van der Waals surface area contributed by atoms with Crippen LogP contribution in [0.1, 0.15) is 0 Å². The highest BCUT2D eigenvalue weighted by molar-refractivity contribution is 9.10. The smallest absolute Gasteiger partial charge is 0.164 e. The Morgan fingerprint density at radius 2 is 2.10 bits per heavy atom. The Bertz CT molecular complexity index is 241. The van der Waals surface area contributed by atoms with Gasteiger partial charge in [-0.25, -0.2) is 4.39 Å². The fourth-order valence-electron chi connectivity index (χ4n) is 0.576. The number of hydrogen-bond donors (Lipinski definition) is 1. The van der Waals surface area contributed by atoms with E-state index in [1.54, 1.807) is 0 Å². The van der Waals surface area contributed by atoms with Gasteiger partial charge in [-0.15, -0.1) is 0 Å². The lowest BCUT2D eigenvalue weighted by Crippen LogP contribution is -1.90. The molecule has 4 heteroatoms. The molecule has 0 aromatic heterocycles. The molecule has 0 aliphatic carbocycles. The van der Waals surface area contributed by atoms with Gasteiger partial charge in [0.25, 0.3) is 0 Å². The Balaban J connectivity index is 3.31. The molecule has 0 aliphatic rings. The second kappa shape index (κ2) is 2.76. The summed E-state index contributed by atoms with van der Waals surface area (Å²) in [6, 6.07) is 2.91. The Hall–Kier alpha value is -0.280. The number of nitrogens with two attached hydrogens (primary N) is 1. The SMILES string of the molecule is Nc1cc(Br)cc(Cl)c1F. The van der Waals surface area contributed by atoms with Crippen LogP contribution in [-0.2, 0) is 0 Å². The normalized spacial score (nSPS) is 9.90. The Kier molecular flexibility index (Phi) is 2.16. The molecule has 1 aromatic rings. The van der Waals surface area contributed by atoms with Crippen molar-refractivity contribution < 1.29 is 4.39 Å². The van der Waals surface area contributed by atoms with E-state index in [0.717, 1.165) is 0 Å². The highest BCUT2D eigenvalue weighted by atomic mass is 79.9. The number of halogens is 3. The van der Waals surface area contributed by atoms with E-state index in [2.05, 4.69) is 15.9 Å². The number of rotatable bonds is 0. The zero-order chi connectivity index (χ0) is 7.72. The van der Waals surface area contributed by atoms with Crippen LogP contribution < -0.4 is 5.73 Å². The minimum absolute atomic E-state index is 0.0341. The molecule has 0 atom stereocenters. The minimum Gasteiger partial charge on any atom is -0.396 e. The summed E-state index contributed by atoms with van der Waals surface area (Å²) in [5.41, 5.74) is 5.29. The molecule has 1 nitrogen and oxygen atoms in total. The van der Waals surface area contributed by atoms with Crippen molar-refractivity contribution in [3.05, 3.63) is 27.4 Å². The molecule has 0 heterocycles. The van der Waals surface area contributed by atoms with E-state index in [0.29, 0.717) is 4.47 Å². The standard InChI is InChI=1S/C6H4BrClFN/c7-3-1-4(8)6(9)5(10)2-3/h1-2H,10H2. The van der Waals surface area contributed by atoms with Gasteiger partial charge in [0.1, 0.15) is 0 Å². The van der Waals surface area contributed by atoms with Crippen LogP contribution in [0.5, 0.6) is 0 Å². The monoisotopic (exact) mass is 223 g/mol. The zero-order valence-corrected chi connectivity index (χ0v) is 7.21. The lowest BCUT2D eigenvalue weighted by atomic mass is 10.3. The van der Waals surface area contributed by atoms with E-state index < -0.39 is 5.82 Å². The topological polar surface area (TPSA) is 26.0 Å². The first-order valence-corrected chi connectivity index (χ1v) is 3.68. The highest BCUT2D eigenvalue weighted by Gasteiger charge is 2.03. The third kappa shape index (κ3) is 1.41. The van der Waals surface area contributed by atoms with E-state index in [1.165, 1.54) is 12.1 Å². The summed E-state index contributed by atoms with van der Waals surface area (Å²) in [6.45, 7) is 0. The van der Waals surface area contributed by atoms with E-state index in [-0.39, 0.29) is 10.7 Å². The van der Waals surface area contributed by atoms with Gasteiger partial charge in [-0.2, -0.15) is 0 Å². The van der Waals surface area contributed by atoms with Gasteiger partial charge in [0.2, 0.25) is 0 Å². The average Bonchev–Trinajstić information content (AvgIpc) is 1.82. The van der Waals surface area contributed by atoms with Crippen LogP contribution in [0.3, 0.4) is 0 Å². The first-order valence-electron chi connectivity index (χ1n) is 2.51. The predicted octanol–water partition coefficient (Wildman–Crippen LogP) is 2.82. The van der Waals surface area contributed by atoms with Crippen molar-refractivity contribution in [3.63, 3.8) is 0 Å². The first-order chi connectivity index (χ1) is 4.61. The van der Waals surface area contributed by atoms with E-state index >= 15 is 0 Å². The number of anilines is 1. The molecule has 0 radical (unpaired) electrons. The summed E-state index contributed by atoms with van der Waals surface area (Å²) in [5, 5.41) is 0.0341. The molecule has 54 valence electrons. The molecule has 0 unspecified atom stereocenters. The molecule has 1 rings (SSSR count). The van der Waals surface area contributed by atoms with Crippen molar-refractivity contribution in [2.45, 2.75) is 0 Å². The number of hydrogen-bond acceptors (Lipinski definition) is 1. The minimum atomic E-state index is -0.565. The van der Waals surface area contributed by atoms with Gasteiger partial charge in [0.05, 0.1) is 10.7 Å². The molecule has 0 aliphatic heterocycles. The maximum absolute atomic E-state index is 12.6. The number of benzene rings is 1. The lowest BCUT2D eigenvalue weighted by Gasteiger charge is -1.98. The lowest BCUT2D eigenvalue weighted by molar-refractivity contribution is 0.632. The van der Waals surface area contributed by atoms with Crippen LogP contribution in [0.4, 0.5) is 10.1 Å². The van der Waals surface area contributed by atoms with Crippen molar-refractivity contribution in [2.24, 2.45) is 0 Å². The van der Waals surface area contributed by atoms with E-state index in [1.807, 2.05) is 0 Å². The van der Waals surface area contributed by atoms with Crippen LogP contribution in [0.2, 0.25) is 5.02 Å². The summed E-state index contributed by atoms with van der Waals surface area (Å²) in [7, 11) is 0. The van der Waals surface area contributed by atoms with Crippen molar-refractivity contribution in [1.82, 2.24) is 0 Å². The van der Waals surface area contributed by atoms with Gasteiger partial charge in [0, 0.05) is 4.47 Å². The summed E-state index contributed by atoms with van der Waals surface area (Å²) < 4.78 is 13.3. The van der Waals surface area contributed by atoms with Crippen molar-refractivity contribution in [2.75, 3.05) is 5.73 Å². The summed E-state index contributed by atoms with van der Waals surface area (Å²) >= 11 is 8.55. The molecule has 0 spiro atoms. The third-order valence-electron chi connectivity index (χ3n) is 1.02. The van der Waals surface area contributed by atoms with Crippen LogP contribution >= 0.6 is 27.5 Å². The van der Waals surface area contributed by atoms with Crippen LogP contribution in [-0.4, -0.2) is 0 Å². The average molecular weight is 224 g/mol. The molecule has 0 saturated heterocycles. The highest BCUT2D eigenvalue weighted by Crippen LogP contribution is 2.25. The quantitative estimate of drug-likeness (QED) is 0.532. The third-order valence-corrected chi connectivity index (χ3v) is 1.75. The Morgan fingerprint density at radius 3 is 2.60 bits per heavy atom.